The molecule has 2 aliphatic heterocycles. The summed E-state index contributed by atoms with van der Waals surface area (Å²) in [6, 6.07) is 2.90. The smallest absolute Gasteiger partial charge is 0.276 e. The second kappa shape index (κ2) is 11.2. The Balaban J connectivity index is 1.45. The summed E-state index contributed by atoms with van der Waals surface area (Å²) in [5.41, 5.74) is 9.30. The van der Waals surface area contributed by atoms with E-state index in [-0.39, 0.29) is 22.2 Å². The number of nitrogens with one attached hydrogen (secondary N) is 2. The van der Waals surface area contributed by atoms with E-state index in [2.05, 4.69) is 20.9 Å². The van der Waals surface area contributed by atoms with Gasteiger partial charge in [0.2, 0.25) is 12.4 Å². The highest BCUT2D eigenvalue weighted by Gasteiger charge is 2.53. The number of thioether (sulfide) groups is 2. The van der Waals surface area contributed by atoms with Crippen LogP contribution in [0.15, 0.2) is 51.2 Å². The van der Waals surface area contributed by atoms with Crippen LogP contribution < -0.4 is 26.3 Å². The third-order valence-corrected chi connectivity index (χ3v) is 8.35. The molecule has 15 heteroatoms. The molecule has 4 N–H and O–H groups in total. The predicted molar refractivity (Wildman–Crippen MR) is 134 cm³/mol. The van der Waals surface area contributed by atoms with Crippen molar-refractivity contribution in [3.8, 4) is 0 Å². The molecule has 2 atom stereocenters. The highest BCUT2D eigenvalue weighted by Crippen LogP contribution is 2.41. The van der Waals surface area contributed by atoms with Crippen LogP contribution in [-0.2, 0) is 19.2 Å². The van der Waals surface area contributed by atoms with Crippen molar-refractivity contribution < 1.29 is 29.0 Å². The third kappa shape index (κ3) is 5.27. The lowest BCUT2D eigenvalue weighted by Crippen LogP contribution is -2.71. The molecule has 4 heterocycles. The van der Waals surface area contributed by atoms with E-state index in [9.17, 15) is 19.5 Å². The number of hydrogen-bond donors (Lipinski definition) is 3. The van der Waals surface area contributed by atoms with Crippen LogP contribution in [-0.4, -0.2) is 70.0 Å². The molecule has 0 aliphatic carbocycles. The lowest BCUT2D eigenvalue weighted by molar-refractivity contribution is -0.650. The summed E-state index contributed by atoms with van der Waals surface area (Å²) < 4.78 is 1.83. The van der Waals surface area contributed by atoms with Crippen molar-refractivity contribution in [2.24, 2.45) is 5.16 Å². The first-order valence-corrected chi connectivity index (χ1v) is 13.6. The second-order valence-corrected chi connectivity index (χ2v) is 10.6. The van der Waals surface area contributed by atoms with E-state index in [4.69, 9.17) is 10.6 Å². The fourth-order valence-corrected chi connectivity index (χ4v) is 6.57. The minimum atomic E-state index is -1.42. The standard InChI is InChI=1S/C21H23N7O5S3/c1-3-23-27-6-4-12(5-7-27)34-8-11-9-35-19-15(18(30)28(19)16(11)20(31)32)25-17(29)14(26-33-2)13-10-36-21(22)24-13/h4-7,10,15,19,23H,3,8-9H2,1-2H3,(H3-,22,24,25,29,31,32)/b26-14-/t15-,19-/m1/s1. The molecule has 190 valence electrons. The molecule has 2 amide bonds. The quantitative estimate of drug-likeness (QED) is 0.111. The van der Waals surface area contributed by atoms with Crippen molar-refractivity contribution in [2.45, 2.75) is 23.2 Å². The number of carbonyl (C=O) groups is 3. The fourth-order valence-electron chi connectivity index (χ4n) is 3.65. The van der Waals surface area contributed by atoms with Crippen molar-refractivity contribution in [1.29, 1.82) is 0 Å². The maximum absolute atomic E-state index is 12.9. The summed E-state index contributed by atoms with van der Waals surface area (Å²) in [5.74, 6) is -1.89. The Hall–Kier alpha value is -3.30. The maximum atomic E-state index is 12.9. The van der Waals surface area contributed by atoms with Crippen LogP contribution in [0.3, 0.4) is 0 Å². The molecular formula is C21H23N7O5S3. The zero-order valence-corrected chi connectivity index (χ0v) is 21.7. The van der Waals surface area contributed by atoms with Crippen LogP contribution in [0.4, 0.5) is 5.13 Å². The number of carbonyl (C=O) groups excluding carboxylic acids is 3. The molecule has 4 rings (SSSR count). The Bertz CT molecular complexity index is 1230. The molecule has 1 fully saturated rings. The molecule has 0 saturated carbocycles. The number of anilines is 1. The van der Waals surface area contributed by atoms with Crippen molar-refractivity contribution >= 4 is 63.5 Å². The van der Waals surface area contributed by atoms with Gasteiger partial charge in [-0.25, -0.2) is 4.98 Å². The van der Waals surface area contributed by atoms with Gasteiger partial charge in [-0.2, -0.15) is 5.43 Å². The molecule has 0 bridgehead atoms. The van der Waals surface area contributed by atoms with E-state index in [0.29, 0.717) is 17.1 Å². The van der Waals surface area contributed by atoms with Gasteiger partial charge in [0.25, 0.3) is 11.8 Å². The number of pyridine rings is 1. The van der Waals surface area contributed by atoms with Crippen LogP contribution in [0.25, 0.3) is 0 Å². The first-order chi connectivity index (χ1) is 17.3. The number of fused-ring (bicyclic) bond motifs is 1. The zero-order valence-electron chi connectivity index (χ0n) is 19.3. The number of amides is 2. The van der Waals surface area contributed by atoms with Gasteiger partial charge in [-0.15, -0.1) is 34.9 Å². The van der Waals surface area contributed by atoms with Crippen molar-refractivity contribution in [1.82, 2.24) is 15.2 Å². The maximum Gasteiger partial charge on any atom is 0.276 e. The molecule has 2 aliphatic rings. The third-order valence-electron chi connectivity index (χ3n) is 5.24. The number of aromatic nitrogens is 2. The van der Waals surface area contributed by atoms with Crippen LogP contribution in [0.2, 0.25) is 0 Å². The predicted octanol–water partition coefficient (Wildman–Crippen LogP) is -0.877. The molecule has 0 radical (unpaired) electrons. The number of nitrogen functional groups attached to an aromatic ring is 1. The van der Waals surface area contributed by atoms with Crippen molar-refractivity contribution in [3.05, 3.63) is 46.9 Å². The van der Waals surface area contributed by atoms with Gasteiger partial charge in [-0.1, -0.05) is 9.83 Å². The highest BCUT2D eigenvalue weighted by atomic mass is 32.2. The number of nitrogens with two attached hydrogens (primary N) is 1. The largest absolute Gasteiger partial charge is 0.543 e. The fraction of sp³-hybridized carbons (Fsp3) is 0.333. The Morgan fingerprint density at radius 1 is 1.42 bits per heavy atom. The van der Waals surface area contributed by atoms with Crippen molar-refractivity contribution in [3.63, 3.8) is 0 Å². The summed E-state index contributed by atoms with van der Waals surface area (Å²) in [5, 5.41) is 19.5. The van der Waals surface area contributed by atoms with Gasteiger partial charge < -0.3 is 25.8 Å². The summed E-state index contributed by atoms with van der Waals surface area (Å²) in [7, 11) is 1.28. The van der Waals surface area contributed by atoms with Crippen LogP contribution in [0, 0.1) is 0 Å². The average molecular weight is 550 g/mol. The summed E-state index contributed by atoms with van der Waals surface area (Å²) in [6.45, 7) is 2.77. The van der Waals surface area contributed by atoms with Gasteiger partial charge in [0.05, 0.1) is 18.2 Å². The summed E-state index contributed by atoms with van der Waals surface area (Å²) in [6.07, 6.45) is 3.75. The zero-order chi connectivity index (χ0) is 25.8. The van der Waals surface area contributed by atoms with Gasteiger partial charge in [-0.05, 0) is 12.5 Å². The normalized spacial score (nSPS) is 19.4. The summed E-state index contributed by atoms with van der Waals surface area (Å²) >= 11 is 3.97. The molecule has 0 unspecified atom stereocenters. The topological polar surface area (TPSA) is 166 Å². The van der Waals surface area contributed by atoms with Crippen LogP contribution >= 0.6 is 34.9 Å². The molecule has 36 heavy (non-hydrogen) atoms. The first kappa shape index (κ1) is 25.8. The number of hydrogen-bond acceptors (Lipinski definition) is 12. The highest BCUT2D eigenvalue weighted by molar-refractivity contribution is 8.01. The lowest BCUT2D eigenvalue weighted by atomic mass is 10.0. The molecule has 2 aromatic rings. The molecule has 12 nitrogen and oxygen atoms in total. The van der Waals surface area contributed by atoms with Gasteiger partial charge in [0.1, 0.15) is 24.2 Å². The van der Waals surface area contributed by atoms with E-state index in [0.717, 1.165) is 22.8 Å². The van der Waals surface area contributed by atoms with Gasteiger partial charge in [-0.3, -0.25) is 14.5 Å². The first-order valence-electron chi connectivity index (χ1n) is 10.7. The number of oxime groups is 1. The van der Waals surface area contributed by atoms with E-state index in [1.165, 1.54) is 35.5 Å². The summed E-state index contributed by atoms with van der Waals surface area (Å²) in [4.78, 5) is 48.7. The number of β-lactam (4-membered cyclic amide) rings is 1. The number of nitrogens with zero attached hydrogens (tertiary/aromatic N) is 4. The number of thiazole rings is 1. The van der Waals surface area contributed by atoms with Gasteiger partial charge >= 0.3 is 0 Å². The Morgan fingerprint density at radius 3 is 2.78 bits per heavy atom. The van der Waals surface area contributed by atoms with E-state index in [1.54, 1.807) is 5.38 Å². The number of aliphatic carboxylic acids is 1. The second-order valence-electron chi connectivity index (χ2n) is 7.54. The average Bonchev–Trinajstić information content (AvgIpc) is 3.30. The number of carboxylic acids is 1. The molecule has 2 aromatic heterocycles. The Kier molecular flexibility index (Phi) is 8.01. The minimum Gasteiger partial charge on any atom is -0.543 e. The molecule has 1 saturated heterocycles. The molecule has 0 aromatic carbocycles. The SMILES string of the molecule is CCN[n+]1ccc(SCC2=C(C(=O)[O-])N3C(=O)[C@@H](NC(=O)/C(=N\OC)c4csc(N)n4)[C@H]3SC2)cc1. The van der Waals surface area contributed by atoms with E-state index in [1.807, 2.05) is 36.1 Å². The molecular weight excluding hydrogens is 526 g/mol. The van der Waals surface area contributed by atoms with Crippen LogP contribution in [0.5, 0.6) is 0 Å². The Labute approximate surface area is 218 Å². The van der Waals surface area contributed by atoms with Crippen LogP contribution in [0.1, 0.15) is 12.6 Å². The monoisotopic (exact) mass is 549 g/mol. The molecule has 0 spiro atoms. The lowest BCUT2D eigenvalue weighted by Gasteiger charge is -2.50. The Morgan fingerprint density at radius 2 is 2.17 bits per heavy atom. The van der Waals surface area contributed by atoms with E-state index >= 15 is 0 Å². The van der Waals surface area contributed by atoms with Crippen molar-refractivity contribution in [2.75, 3.05) is 36.3 Å². The van der Waals surface area contributed by atoms with Gasteiger partial charge in [0.15, 0.2) is 10.8 Å². The van der Waals surface area contributed by atoms with E-state index < -0.39 is 29.2 Å². The van der Waals surface area contributed by atoms with Gasteiger partial charge in [0, 0.05) is 33.9 Å². The number of carboxylic acid groups (broad SMARTS) is 1. The minimum absolute atomic E-state index is 0.136. The number of rotatable bonds is 10.